The minimum atomic E-state index is 0.521. The molecule has 0 atom stereocenters. The van der Waals surface area contributed by atoms with Crippen LogP contribution in [0.5, 0.6) is 0 Å². The van der Waals surface area contributed by atoms with Crippen LogP contribution in [0.4, 0.5) is 0 Å². The average Bonchev–Trinajstić information content (AvgIpc) is 2.20. The molecule has 0 aromatic carbocycles. The van der Waals surface area contributed by atoms with E-state index in [1.165, 1.54) is 0 Å². The first-order valence-corrected chi connectivity index (χ1v) is 4.70. The fraction of sp³-hybridized carbons (Fsp3) is 0.222. The maximum atomic E-state index is 4.92. The predicted octanol–water partition coefficient (Wildman–Crippen LogP) is 0.900. The highest BCUT2D eigenvalue weighted by Crippen LogP contribution is 1.89. The SMILES string of the molecule is CCNC(=S)N/N=C/c1cccnc1. The van der Waals surface area contributed by atoms with Crippen molar-refractivity contribution in [3.05, 3.63) is 30.1 Å². The van der Waals surface area contributed by atoms with Crippen LogP contribution in [0, 0.1) is 0 Å². The largest absolute Gasteiger partial charge is 0.362 e. The van der Waals surface area contributed by atoms with Gasteiger partial charge in [-0.25, -0.2) is 0 Å². The van der Waals surface area contributed by atoms with Crippen LogP contribution in [0.15, 0.2) is 29.6 Å². The standard InChI is InChI=1S/C9H12N4S/c1-2-11-9(14)13-12-7-8-4-3-5-10-6-8/h3-7H,2H2,1H3,(H2,11,13,14)/b12-7+. The molecule has 0 unspecified atom stereocenters. The van der Waals surface area contributed by atoms with Gasteiger partial charge in [0.15, 0.2) is 5.11 Å². The van der Waals surface area contributed by atoms with Crippen LogP contribution in [-0.2, 0) is 0 Å². The molecule has 14 heavy (non-hydrogen) atoms. The molecule has 0 aliphatic rings. The van der Waals surface area contributed by atoms with Crippen molar-refractivity contribution in [3.8, 4) is 0 Å². The van der Waals surface area contributed by atoms with E-state index in [2.05, 4.69) is 20.8 Å². The van der Waals surface area contributed by atoms with Gasteiger partial charge in [0, 0.05) is 24.5 Å². The summed E-state index contributed by atoms with van der Waals surface area (Å²) in [5.41, 5.74) is 3.62. The summed E-state index contributed by atoms with van der Waals surface area (Å²) in [4.78, 5) is 3.95. The van der Waals surface area contributed by atoms with Crippen molar-refractivity contribution in [2.75, 3.05) is 6.54 Å². The van der Waals surface area contributed by atoms with Crippen molar-refractivity contribution in [3.63, 3.8) is 0 Å². The van der Waals surface area contributed by atoms with Crippen LogP contribution in [0.3, 0.4) is 0 Å². The summed E-state index contributed by atoms with van der Waals surface area (Å²) in [5, 5.41) is 7.39. The molecule has 74 valence electrons. The molecule has 0 saturated carbocycles. The maximum Gasteiger partial charge on any atom is 0.186 e. The lowest BCUT2D eigenvalue weighted by Gasteiger charge is -2.02. The van der Waals surface area contributed by atoms with Crippen LogP contribution in [0.2, 0.25) is 0 Å². The fourth-order valence-corrected chi connectivity index (χ4v) is 1.01. The van der Waals surface area contributed by atoms with E-state index in [0.717, 1.165) is 12.1 Å². The molecule has 2 N–H and O–H groups in total. The van der Waals surface area contributed by atoms with E-state index >= 15 is 0 Å². The molecule has 0 aliphatic carbocycles. The van der Waals surface area contributed by atoms with Gasteiger partial charge in [0.05, 0.1) is 6.21 Å². The number of hydrazone groups is 1. The maximum absolute atomic E-state index is 4.92. The summed E-state index contributed by atoms with van der Waals surface area (Å²) in [6.07, 6.45) is 5.10. The van der Waals surface area contributed by atoms with Crippen molar-refractivity contribution >= 4 is 23.5 Å². The Labute approximate surface area is 88.4 Å². The molecule has 1 aromatic heterocycles. The number of rotatable bonds is 3. The third-order valence-electron chi connectivity index (χ3n) is 1.40. The van der Waals surface area contributed by atoms with Crippen molar-refractivity contribution in [1.29, 1.82) is 0 Å². The Morgan fingerprint density at radius 1 is 1.71 bits per heavy atom. The molecule has 1 heterocycles. The van der Waals surface area contributed by atoms with Crippen LogP contribution in [0.1, 0.15) is 12.5 Å². The van der Waals surface area contributed by atoms with Gasteiger partial charge in [0.2, 0.25) is 0 Å². The molecule has 0 saturated heterocycles. The quantitative estimate of drug-likeness (QED) is 0.440. The summed E-state index contributed by atoms with van der Waals surface area (Å²) in [7, 11) is 0. The molecular formula is C9H12N4S. The second kappa shape index (κ2) is 6.04. The highest BCUT2D eigenvalue weighted by atomic mass is 32.1. The van der Waals surface area contributed by atoms with Crippen LogP contribution < -0.4 is 10.7 Å². The van der Waals surface area contributed by atoms with Gasteiger partial charge in [0.1, 0.15) is 0 Å². The molecule has 4 nitrogen and oxygen atoms in total. The Morgan fingerprint density at radius 3 is 3.21 bits per heavy atom. The predicted molar refractivity (Wildman–Crippen MR) is 61.2 cm³/mol. The second-order valence-electron chi connectivity index (χ2n) is 2.52. The number of thiocarbonyl (C=S) groups is 1. The van der Waals surface area contributed by atoms with Crippen LogP contribution in [-0.4, -0.2) is 22.9 Å². The van der Waals surface area contributed by atoms with Gasteiger partial charge in [0.25, 0.3) is 0 Å². The zero-order valence-corrected chi connectivity index (χ0v) is 8.71. The first kappa shape index (κ1) is 10.6. The van der Waals surface area contributed by atoms with Gasteiger partial charge >= 0.3 is 0 Å². The first-order valence-electron chi connectivity index (χ1n) is 4.30. The number of nitrogens with one attached hydrogen (secondary N) is 2. The molecular weight excluding hydrogens is 196 g/mol. The molecule has 5 heteroatoms. The summed E-state index contributed by atoms with van der Waals surface area (Å²) in [6.45, 7) is 2.76. The Balaban J connectivity index is 2.38. The van der Waals surface area contributed by atoms with E-state index in [1.807, 2.05) is 19.1 Å². The van der Waals surface area contributed by atoms with Gasteiger partial charge < -0.3 is 5.32 Å². The second-order valence-corrected chi connectivity index (χ2v) is 2.92. The highest BCUT2D eigenvalue weighted by Gasteiger charge is 1.88. The molecule has 0 spiro atoms. The third-order valence-corrected chi connectivity index (χ3v) is 1.64. The summed E-state index contributed by atoms with van der Waals surface area (Å²) < 4.78 is 0. The van der Waals surface area contributed by atoms with E-state index in [0.29, 0.717) is 5.11 Å². The van der Waals surface area contributed by atoms with Crippen molar-refractivity contribution < 1.29 is 0 Å². The molecule has 1 aromatic rings. The van der Waals surface area contributed by atoms with Gasteiger partial charge in [-0.3, -0.25) is 10.4 Å². The number of hydrogen-bond acceptors (Lipinski definition) is 3. The van der Waals surface area contributed by atoms with E-state index in [1.54, 1.807) is 18.6 Å². The van der Waals surface area contributed by atoms with E-state index in [9.17, 15) is 0 Å². The lowest BCUT2D eigenvalue weighted by atomic mass is 10.3. The topological polar surface area (TPSA) is 49.3 Å². The van der Waals surface area contributed by atoms with Crippen molar-refractivity contribution in [1.82, 2.24) is 15.7 Å². The lowest BCUT2D eigenvalue weighted by molar-refractivity contribution is 0.904. The van der Waals surface area contributed by atoms with E-state index in [4.69, 9.17) is 12.2 Å². The van der Waals surface area contributed by atoms with E-state index in [-0.39, 0.29) is 0 Å². The van der Waals surface area contributed by atoms with Gasteiger partial charge in [-0.15, -0.1) is 0 Å². The number of pyridine rings is 1. The number of nitrogens with zero attached hydrogens (tertiary/aromatic N) is 2. The Kier molecular flexibility index (Phi) is 4.57. The minimum absolute atomic E-state index is 0.521. The Hall–Kier alpha value is -1.49. The van der Waals surface area contributed by atoms with Crippen molar-refractivity contribution in [2.45, 2.75) is 6.92 Å². The number of hydrogen-bond donors (Lipinski definition) is 2. The molecule has 1 rings (SSSR count). The van der Waals surface area contributed by atoms with Crippen LogP contribution >= 0.6 is 12.2 Å². The minimum Gasteiger partial charge on any atom is -0.362 e. The fourth-order valence-electron chi connectivity index (χ4n) is 0.818. The third kappa shape index (κ3) is 3.95. The normalized spacial score (nSPS) is 10.1. The van der Waals surface area contributed by atoms with Gasteiger partial charge in [-0.2, -0.15) is 5.10 Å². The molecule has 0 bridgehead atoms. The number of aromatic nitrogens is 1. The summed E-state index contributed by atoms with van der Waals surface area (Å²) in [5.74, 6) is 0. The molecule has 0 amide bonds. The smallest absolute Gasteiger partial charge is 0.186 e. The highest BCUT2D eigenvalue weighted by molar-refractivity contribution is 7.80. The van der Waals surface area contributed by atoms with E-state index < -0.39 is 0 Å². The zero-order chi connectivity index (χ0) is 10.2. The van der Waals surface area contributed by atoms with Crippen molar-refractivity contribution in [2.24, 2.45) is 5.10 Å². The first-order chi connectivity index (χ1) is 6.83. The summed E-state index contributed by atoms with van der Waals surface area (Å²) >= 11 is 4.92. The molecule has 0 aliphatic heterocycles. The van der Waals surface area contributed by atoms with Gasteiger partial charge in [-0.05, 0) is 25.2 Å². The Morgan fingerprint density at radius 2 is 2.57 bits per heavy atom. The van der Waals surface area contributed by atoms with Gasteiger partial charge in [-0.1, -0.05) is 6.07 Å². The Bertz CT molecular complexity index is 310. The van der Waals surface area contributed by atoms with Crippen LogP contribution in [0.25, 0.3) is 0 Å². The average molecular weight is 208 g/mol. The monoisotopic (exact) mass is 208 g/mol. The zero-order valence-electron chi connectivity index (χ0n) is 7.90. The lowest BCUT2D eigenvalue weighted by Crippen LogP contribution is -2.31. The molecule has 0 fully saturated rings. The summed E-state index contributed by atoms with van der Waals surface area (Å²) in [6, 6.07) is 3.76. The molecule has 0 radical (unpaired) electrons.